The standard InChI is InChI=1S/C15H23F3N2OSi/c1-14(2,3)22(4,5)21-11-8-10(9-11)12-13(15(16,17)18)20-7-6-19-12/h6-7,10-11H,8-9H2,1-5H3. The molecule has 0 aliphatic heterocycles. The first-order chi connectivity index (χ1) is 9.92. The average molecular weight is 332 g/mol. The van der Waals surface area contributed by atoms with Gasteiger partial charge < -0.3 is 4.43 Å². The molecule has 124 valence electrons. The minimum atomic E-state index is -4.45. The molecular weight excluding hydrogens is 309 g/mol. The van der Waals surface area contributed by atoms with Crippen molar-refractivity contribution >= 4 is 8.32 Å². The van der Waals surface area contributed by atoms with Crippen molar-refractivity contribution in [2.24, 2.45) is 0 Å². The van der Waals surface area contributed by atoms with Crippen molar-refractivity contribution in [1.29, 1.82) is 0 Å². The van der Waals surface area contributed by atoms with Crippen LogP contribution < -0.4 is 0 Å². The van der Waals surface area contributed by atoms with E-state index < -0.39 is 20.2 Å². The Morgan fingerprint density at radius 3 is 2.14 bits per heavy atom. The van der Waals surface area contributed by atoms with Gasteiger partial charge in [-0.1, -0.05) is 20.8 Å². The predicted octanol–water partition coefficient (Wildman–Crippen LogP) is 4.76. The summed E-state index contributed by atoms with van der Waals surface area (Å²) in [6.45, 7) is 10.8. The van der Waals surface area contributed by atoms with E-state index in [-0.39, 0.29) is 22.8 Å². The first-order valence-electron chi connectivity index (χ1n) is 7.48. The molecule has 0 N–H and O–H groups in total. The van der Waals surface area contributed by atoms with Gasteiger partial charge in [-0.25, -0.2) is 4.98 Å². The molecule has 1 fully saturated rings. The SMILES string of the molecule is CC(C)(C)[Si](C)(C)OC1CC(c2nccnc2C(F)(F)F)C1. The van der Waals surface area contributed by atoms with E-state index in [0.717, 1.165) is 6.20 Å². The van der Waals surface area contributed by atoms with Gasteiger partial charge in [0.15, 0.2) is 14.0 Å². The summed E-state index contributed by atoms with van der Waals surface area (Å²) in [5, 5.41) is 0.0990. The third kappa shape index (κ3) is 3.51. The van der Waals surface area contributed by atoms with Gasteiger partial charge in [0.25, 0.3) is 0 Å². The molecule has 1 saturated carbocycles. The molecule has 3 nitrogen and oxygen atoms in total. The zero-order chi connectivity index (χ0) is 16.8. The first-order valence-corrected chi connectivity index (χ1v) is 10.4. The maximum Gasteiger partial charge on any atom is 0.435 e. The third-order valence-electron chi connectivity index (χ3n) is 4.74. The van der Waals surface area contributed by atoms with Crippen molar-refractivity contribution in [2.75, 3.05) is 0 Å². The summed E-state index contributed by atoms with van der Waals surface area (Å²) >= 11 is 0. The van der Waals surface area contributed by atoms with Crippen LogP contribution in [0.4, 0.5) is 13.2 Å². The zero-order valence-corrected chi connectivity index (χ0v) is 14.7. The molecule has 22 heavy (non-hydrogen) atoms. The number of halogens is 3. The Kier molecular flexibility index (Phi) is 4.43. The molecule has 0 unspecified atom stereocenters. The summed E-state index contributed by atoms with van der Waals surface area (Å²) in [5.74, 6) is -0.208. The molecule has 0 radical (unpaired) electrons. The van der Waals surface area contributed by atoms with E-state index in [4.69, 9.17) is 4.43 Å². The average Bonchev–Trinajstić information content (AvgIpc) is 2.31. The van der Waals surface area contributed by atoms with Crippen molar-refractivity contribution < 1.29 is 17.6 Å². The van der Waals surface area contributed by atoms with E-state index >= 15 is 0 Å². The molecule has 0 saturated heterocycles. The Bertz CT molecular complexity index is 534. The second-order valence-corrected chi connectivity index (χ2v) is 12.2. The van der Waals surface area contributed by atoms with Gasteiger partial charge in [-0.3, -0.25) is 4.98 Å². The Morgan fingerprint density at radius 2 is 1.64 bits per heavy atom. The molecule has 0 bridgehead atoms. The fraction of sp³-hybridized carbons (Fsp3) is 0.733. The molecule has 1 aromatic rings. The Labute approximate surface area is 130 Å². The number of hydrogen-bond donors (Lipinski definition) is 0. The number of hydrogen-bond acceptors (Lipinski definition) is 3. The summed E-state index contributed by atoms with van der Waals surface area (Å²) < 4.78 is 45.1. The fourth-order valence-electron chi connectivity index (χ4n) is 2.34. The molecule has 0 aromatic carbocycles. The molecular formula is C15H23F3N2OSi. The van der Waals surface area contributed by atoms with Gasteiger partial charge in [0, 0.05) is 24.4 Å². The largest absolute Gasteiger partial charge is 0.435 e. The third-order valence-corrected chi connectivity index (χ3v) is 9.28. The van der Waals surface area contributed by atoms with E-state index in [1.165, 1.54) is 6.20 Å². The van der Waals surface area contributed by atoms with Crippen molar-refractivity contribution in [3.63, 3.8) is 0 Å². The number of alkyl halides is 3. The lowest BCUT2D eigenvalue weighted by Gasteiger charge is -2.44. The maximum absolute atomic E-state index is 13.0. The van der Waals surface area contributed by atoms with Gasteiger partial charge in [-0.2, -0.15) is 13.2 Å². The molecule has 0 atom stereocenters. The van der Waals surface area contributed by atoms with Crippen molar-refractivity contribution in [1.82, 2.24) is 9.97 Å². The summed E-state index contributed by atoms with van der Waals surface area (Å²) in [6.07, 6.45) is -0.812. The Hall–Kier alpha value is -0.953. The number of aromatic nitrogens is 2. The second kappa shape index (κ2) is 5.60. The van der Waals surface area contributed by atoms with Crippen LogP contribution in [0.15, 0.2) is 12.4 Å². The van der Waals surface area contributed by atoms with Crippen molar-refractivity contribution in [2.45, 2.75) is 69.9 Å². The summed E-state index contributed by atoms with van der Waals surface area (Å²) in [7, 11) is -1.88. The van der Waals surface area contributed by atoms with E-state index in [1.807, 2.05) is 0 Å². The molecule has 7 heteroatoms. The highest BCUT2D eigenvalue weighted by atomic mass is 28.4. The van der Waals surface area contributed by atoms with Crippen LogP contribution in [0.2, 0.25) is 18.1 Å². The lowest BCUT2D eigenvalue weighted by Crippen LogP contribution is -2.47. The molecule has 1 heterocycles. The predicted molar refractivity (Wildman–Crippen MR) is 81.1 cm³/mol. The summed E-state index contributed by atoms with van der Waals surface area (Å²) in [6, 6.07) is 0. The van der Waals surface area contributed by atoms with Gasteiger partial charge in [0.2, 0.25) is 0 Å². The van der Waals surface area contributed by atoms with E-state index in [9.17, 15) is 13.2 Å². The molecule has 1 aliphatic rings. The molecule has 2 rings (SSSR count). The van der Waals surface area contributed by atoms with Gasteiger partial charge in [-0.15, -0.1) is 0 Å². The van der Waals surface area contributed by atoms with Gasteiger partial charge >= 0.3 is 6.18 Å². The van der Waals surface area contributed by atoms with Crippen LogP contribution in [0.25, 0.3) is 0 Å². The van der Waals surface area contributed by atoms with Crippen LogP contribution in [0.5, 0.6) is 0 Å². The zero-order valence-electron chi connectivity index (χ0n) is 13.7. The lowest BCUT2D eigenvalue weighted by molar-refractivity contribution is -0.142. The van der Waals surface area contributed by atoms with Crippen LogP contribution in [0.3, 0.4) is 0 Å². The molecule has 0 spiro atoms. The van der Waals surface area contributed by atoms with Crippen LogP contribution in [0.1, 0.15) is 50.9 Å². The minimum Gasteiger partial charge on any atom is -0.414 e. The smallest absolute Gasteiger partial charge is 0.414 e. The van der Waals surface area contributed by atoms with Crippen molar-refractivity contribution in [3.05, 3.63) is 23.8 Å². The van der Waals surface area contributed by atoms with Gasteiger partial charge in [-0.05, 0) is 31.0 Å². The molecule has 1 aromatic heterocycles. The molecule has 1 aliphatic carbocycles. The monoisotopic (exact) mass is 332 g/mol. The first kappa shape index (κ1) is 17.4. The topological polar surface area (TPSA) is 35.0 Å². The second-order valence-electron chi connectivity index (χ2n) is 7.46. The highest BCUT2D eigenvalue weighted by Gasteiger charge is 2.45. The van der Waals surface area contributed by atoms with E-state index in [0.29, 0.717) is 12.8 Å². The van der Waals surface area contributed by atoms with Crippen LogP contribution >= 0.6 is 0 Å². The van der Waals surface area contributed by atoms with Crippen LogP contribution in [0, 0.1) is 0 Å². The highest BCUT2D eigenvalue weighted by molar-refractivity contribution is 6.74. The normalized spacial score (nSPS) is 23.3. The van der Waals surface area contributed by atoms with Crippen molar-refractivity contribution in [3.8, 4) is 0 Å². The minimum absolute atomic E-state index is 0.0361. The van der Waals surface area contributed by atoms with Gasteiger partial charge in [0.05, 0.1) is 5.69 Å². The summed E-state index contributed by atoms with van der Waals surface area (Å²) in [5.41, 5.74) is -0.796. The van der Waals surface area contributed by atoms with Gasteiger partial charge in [0.1, 0.15) is 0 Å². The maximum atomic E-state index is 13.0. The Balaban J connectivity index is 2.04. The lowest BCUT2D eigenvalue weighted by atomic mass is 9.79. The summed E-state index contributed by atoms with van der Waals surface area (Å²) in [4.78, 5) is 7.39. The highest BCUT2D eigenvalue weighted by Crippen LogP contribution is 2.46. The van der Waals surface area contributed by atoms with E-state index in [1.54, 1.807) is 0 Å². The number of nitrogens with zero attached hydrogens (tertiary/aromatic N) is 2. The Morgan fingerprint density at radius 1 is 1.09 bits per heavy atom. The fourth-order valence-corrected chi connectivity index (χ4v) is 3.72. The number of rotatable bonds is 3. The van der Waals surface area contributed by atoms with E-state index in [2.05, 4.69) is 43.8 Å². The van der Waals surface area contributed by atoms with Crippen LogP contribution in [-0.4, -0.2) is 24.4 Å². The van der Waals surface area contributed by atoms with Crippen LogP contribution in [-0.2, 0) is 10.6 Å². The quantitative estimate of drug-likeness (QED) is 0.748. The molecule has 0 amide bonds.